The van der Waals surface area contributed by atoms with Crippen molar-refractivity contribution in [2.75, 3.05) is 13.1 Å². The summed E-state index contributed by atoms with van der Waals surface area (Å²) in [5, 5.41) is 3.09. The summed E-state index contributed by atoms with van der Waals surface area (Å²) in [5.41, 5.74) is -1.62. The summed E-state index contributed by atoms with van der Waals surface area (Å²) in [7, 11) is 0. The smallest absolute Gasteiger partial charge is 0.129 e. The van der Waals surface area contributed by atoms with Crippen LogP contribution in [-0.4, -0.2) is 18.8 Å². The highest BCUT2D eigenvalue weighted by molar-refractivity contribution is 5.21. The first-order valence-electron chi connectivity index (χ1n) is 5.93. The van der Waals surface area contributed by atoms with E-state index in [0.717, 1.165) is 6.54 Å². The molecule has 0 bridgehead atoms. The first-order chi connectivity index (χ1) is 8.11. The summed E-state index contributed by atoms with van der Waals surface area (Å²) in [6, 6.07) is 3.65. The second-order valence-electron chi connectivity index (χ2n) is 4.63. The summed E-state index contributed by atoms with van der Waals surface area (Å²) in [6.07, 6.45) is 1.19. The molecule has 0 spiro atoms. The van der Waals surface area contributed by atoms with Crippen LogP contribution in [0.3, 0.4) is 0 Å². The molecule has 0 saturated carbocycles. The molecule has 1 nitrogen and oxygen atoms in total. The van der Waals surface area contributed by atoms with Gasteiger partial charge in [0.1, 0.15) is 17.3 Å². The lowest BCUT2D eigenvalue weighted by Gasteiger charge is -2.23. The lowest BCUT2D eigenvalue weighted by atomic mass is 9.89. The minimum absolute atomic E-state index is 0.128. The van der Waals surface area contributed by atoms with Crippen molar-refractivity contribution < 1.29 is 13.2 Å². The third kappa shape index (κ3) is 3.00. The number of hydrogen-bond acceptors (Lipinski definition) is 1. The van der Waals surface area contributed by atoms with E-state index in [1.807, 2.05) is 0 Å². The van der Waals surface area contributed by atoms with E-state index < -0.39 is 17.3 Å². The molecule has 1 aromatic carbocycles. The van der Waals surface area contributed by atoms with Crippen LogP contribution in [0.5, 0.6) is 0 Å². The molecule has 1 fully saturated rings. The molecule has 1 aliphatic heterocycles. The second-order valence-corrected chi connectivity index (χ2v) is 4.63. The van der Waals surface area contributed by atoms with E-state index in [2.05, 4.69) is 5.32 Å². The van der Waals surface area contributed by atoms with Gasteiger partial charge < -0.3 is 5.32 Å². The van der Waals surface area contributed by atoms with E-state index in [1.165, 1.54) is 18.2 Å². The van der Waals surface area contributed by atoms with E-state index in [-0.39, 0.29) is 12.0 Å². The van der Waals surface area contributed by atoms with Crippen LogP contribution in [0.25, 0.3) is 0 Å². The molecule has 1 saturated heterocycles. The van der Waals surface area contributed by atoms with Gasteiger partial charge in [0, 0.05) is 12.0 Å². The Morgan fingerprint density at radius 3 is 2.53 bits per heavy atom. The second kappa shape index (κ2) is 5.08. The molecule has 0 radical (unpaired) electrons. The Bertz CT molecular complexity index is 364. The fourth-order valence-corrected chi connectivity index (χ4v) is 2.29. The maximum Gasteiger partial charge on any atom is 0.129 e. The quantitative estimate of drug-likeness (QED) is 0.842. The molecule has 0 aliphatic carbocycles. The highest BCUT2D eigenvalue weighted by Gasteiger charge is 2.32. The summed E-state index contributed by atoms with van der Waals surface area (Å²) in [4.78, 5) is 0. The summed E-state index contributed by atoms with van der Waals surface area (Å²) in [6.45, 7) is 1.33. The molecule has 0 amide bonds. The van der Waals surface area contributed by atoms with Crippen molar-refractivity contribution in [1.29, 1.82) is 0 Å². The van der Waals surface area contributed by atoms with Crippen molar-refractivity contribution in [2.45, 2.75) is 31.4 Å². The van der Waals surface area contributed by atoms with E-state index in [4.69, 9.17) is 0 Å². The monoisotopic (exact) mass is 243 g/mol. The maximum atomic E-state index is 14.5. The summed E-state index contributed by atoms with van der Waals surface area (Å²) in [5.74, 6) is -1.31. The van der Waals surface area contributed by atoms with Gasteiger partial charge in [0.2, 0.25) is 0 Å². The Balaban J connectivity index is 2.18. The molecule has 1 heterocycles. The van der Waals surface area contributed by atoms with Gasteiger partial charge in [-0.15, -0.1) is 0 Å². The number of rotatable bonds is 2. The Hall–Kier alpha value is -1.03. The first-order valence-corrected chi connectivity index (χ1v) is 5.93. The van der Waals surface area contributed by atoms with Crippen molar-refractivity contribution >= 4 is 0 Å². The van der Waals surface area contributed by atoms with Crippen LogP contribution in [0.2, 0.25) is 0 Å². The standard InChI is InChI=1S/C13H16F3N/c14-11-3-1-4-12(15)10(11)9-13(16)5-2-7-17-8-6-13/h1,3-4,17H,2,5-9H2. The van der Waals surface area contributed by atoms with Gasteiger partial charge in [-0.1, -0.05) is 6.07 Å². The molecule has 1 N–H and O–H groups in total. The van der Waals surface area contributed by atoms with Crippen LogP contribution >= 0.6 is 0 Å². The SMILES string of the molecule is Fc1cccc(F)c1CC1(F)CCCNCC1. The average molecular weight is 243 g/mol. The highest BCUT2D eigenvalue weighted by atomic mass is 19.1. The van der Waals surface area contributed by atoms with Gasteiger partial charge in [0.25, 0.3) is 0 Å². The predicted molar refractivity (Wildman–Crippen MR) is 60.6 cm³/mol. The Morgan fingerprint density at radius 1 is 1.12 bits per heavy atom. The number of nitrogens with one attached hydrogen (secondary N) is 1. The highest BCUT2D eigenvalue weighted by Crippen LogP contribution is 2.30. The van der Waals surface area contributed by atoms with Crippen molar-refractivity contribution in [2.24, 2.45) is 0 Å². The van der Waals surface area contributed by atoms with Crippen LogP contribution in [0.15, 0.2) is 18.2 Å². The van der Waals surface area contributed by atoms with Crippen molar-refractivity contribution in [3.8, 4) is 0 Å². The molecule has 1 unspecified atom stereocenters. The fourth-order valence-electron chi connectivity index (χ4n) is 2.29. The van der Waals surface area contributed by atoms with E-state index in [1.54, 1.807) is 0 Å². The van der Waals surface area contributed by atoms with Crippen LogP contribution < -0.4 is 5.32 Å². The fraction of sp³-hybridized carbons (Fsp3) is 0.538. The van der Waals surface area contributed by atoms with Crippen LogP contribution in [-0.2, 0) is 6.42 Å². The summed E-state index contributed by atoms with van der Waals surface area (Å²) < 4.78 is 41.4. The number of benzene rings is 1. The van der Waals surface area contributed by atoms with Crippen molar-refractivity contribution in [1.82, 2.24) is 5.32 Å². The molecule has 1 atom stereocenters. The molecular formula is C13H16F3N. The van der Waals surface area contributed by atoms with Gasteiger partial charge in [0.15, 0.2) is 0 Å². The van der Waals surface area contributed by atoms with Gasteiger partial charge in [0.05, 0.1) is 0 Å². The lowest BCUT2D eigenvalue weighted by Crippen LogP contribution is -2.28. The topological polar surface area (TPSA) is 12.0 Å². The lowest BCUT2D eigenvalue weighted by molar-refractivity contribution is 0.141. The van der Waals surface area contributed by atoms with Crippen LogP contribution in [0, 0.1) is 11.6 Å². The zero-order valence-corrected chi connectivity index (χ0v) is 9.61. The average Bonchev–Trinajstić information content (AvgIpc) is 2.49. The largest absolute Gasteiger partial charge is 0.317 e. The van der Waals surface area contributed by atoms with Gasteiger partial charge in [-0.25, -0.2) is 13.2 Å². The van der Waals surface area contributed by atoms with Gasteiger partial charge in [-0.3, -0.25) is 0 Å². The van der Waals surface area contributed by atoms with Crippen molar-refractivity contribution in [3.05, 3.63) is 35.4 Å². The minimum Gasteiger partial charge on any atom is -0.317 e. The van der Waals surface area contributed by atoms with E-state index in [0.29, 0.717) is 25.8 Å². The Labute approximate surface area is 99.0 Å². The Morgan fingerprint density at radius 2 is 1.82 bits per heavy atom. The molecular weight excluding hydrogens is 227 g/mol. The van der Waals surface area contributed by atoms with Crippen LogP contribution in [0.1, 0.15) is 24.8 Å². The summed E-state index contributed by atoms with van der Waals surface area (Å²) >= 11 is 0. The third-order valence-corrected chi connectivity index (χ3v) is 3.28. The maximum absolute atomic E-state index is 14.5. The third-order valence-electron chi connectivity index (χ3n) is 3.28. The molecule has 0 aromatic heterocycles. The van der Waals surface area contributed by atoms with E-state index in [9.17, 15) is 13.2 Å². The number of halogens is 3. The van der Waals surface area contributed by atoms with Crippen molar-refractivity contribution in [3.63, 3.8) is 0 Å². The normalized spacial score (nSPS) is 25.6. The minimum atomic E-state index is -1.49. The predicted octanol–water partition coefficient (Wildman–Crippen LogP) is 2.99. The zero-order chi connectivity index (χ0) is 12.3. The van der Waals surface area contributed by atoms with Gasteiger partial charge in [-0.05, 0) is 44.5 Å². The Kier molecular flexibility index (Phi) is 3.72. The molecule has 17 heavy (non-hydrogen) atoms. The molecule has 2 rings (SSSR count). The van der Waals surface area contributed by atoms with Gasteiger partial charge >= 0.3 is 0 Å². The first kappa shape index (κ1) is 12.4. The molecule has 1 aromatic rings. The number of hydrogen-bond donors (Lipinski definition) is 1. The molecule has 4 heteroatoms. The van der Waals surface area contributed by atoms with Gasteiger partial charge in [-0.2, -0.15) is 0 Å². The zero-order valence-electron chi connectivity index (χ0n) is 9.61. The molecule has 94 valence electrons. The number of alkyl halides is 1. The molecule has 1 aliphatic rings. The van der Waals surface area contributed by atoms with E-state index >= 15 is 0 Å². The van der Waals surface area contributed by atoms with Crippen LogP contribution in [0.4, 0.5) is 13.2 Å².